The molecule has 0 N–H and O–H groups in total. The van der Waals surface area contributed by atoms with Gasteiger partial charge in [0.25, 0.3) is 0 Å². The van der Waals surface area contributed by atoms with Crippen molar-refractivity contribution in [1.82, 2.24) is 0 Å². The Labute approximate surface area is 123 Å². The van der Waals surface area contributed by atoms with Gasteiger partial charge in [0.05, 0.1) is 10.4 Å². The molecule has 0 radical (unpaired) electrons. The van der Waals surface area contributed by atoms with Crippen molar-refractivity contribution in [2.75, 3.05) is 0 Å². The van der Waals surface area contributed by atoms with Crippen LogP contribution in [-0.2, 0) is 6.42 Å². The lowest BCUT2D eigenvalue weighted by Gasteiger charge is -2.13. The minimum absolute atomic E-state index is 0.114. The van der Waals surface area contributed by atoms with Crippen molar-refractivity contribution < 1.29 is 4.39 Å². The highest BCUT2D eigenvalue weighted by atomic mass is 35.5. The van der Waals surface area contributed by atoms with Crippen molar-refractivity contribution in [3.8, 4) is 0 Å². The van der Waals surface area contributed by atoms with E-state index in [0.717, 1.165) is 5.56 Å². The lowest BCUT2D eigenvalue weighted by atomic mass is 10.00. The quantitative estimate of drug-likeness (QED) is 0.645. The van der Waals surface area contributed by atoms with Crippen LogP contribution >= 0.6 is 23.2 Å². The fraction of sp³-hybridized carbons (Fsp3) is 0.250. The summed E-state index contributed by atoms with van der Waals surface area (Å²) in [5.74, 6) is -0.423. The van der Waals surface area contributed by atoms with Crippen LogP contribution in [0.1, 0.15) is 27.6 Å². The molecule has 0 heterocycles. The van der Waals surface area contributed by atoms with Crippen LogP contribution in [0.3, 0.4) is 0 Å². The smallest absolute Gasteiger partial charge is 0.146 e. The number of aryl methyl sites for hydroxylation is 2. The highest BCUT2D eigenvalue weighted by molar-refractivity contribution is 6.31. The Hall–Kier alpha value is -1.05. The lowest BCUT2D eigenvalue weighted by Crippen LogP contribution is -2.00. The summed E-state index contributed by atoms with van der Waals surface area (Å²) in [5, 5.41) is -0.302. The molecule has 1 unspecified atom stereocenters. The molecule has 0 aliphatic carbocycles. The van der Waals surface area contributed by atoms with Crippen LogP contribution in [0, 0.1) is 19.7 Å². The van der Waals surface area contributed by atoms with E-state index in [-0.39, 0.29) is 5.02 Å². The fourth-order valence-corrected chi connectivity index (χ4v) is 2.54. The van der Waals surface area contributed by atoms with Crippen molar-refractivity contribution in [2.45, 2.75) is 25.6 Å². The maximum atomic E-state index is 13.9. The molecule has 0 saturated carbocycles. The molecule has 3 heteroatoms. The van der Waals surface area contributed by atoms with E-state index in [9.17, 15) is 4.39 Å². The Kier molecular flexibility index (Phi) is 4.49. The first kappa shape index (κ1) is 14.4. The van der Waals surface area contributed by atoms with E-state index < -0.39 is 11.2 Å². The third kappa shape index (κ3) is 3.29. The molecule has 2 rings (SSSR count). The Morgan fingerprint density at radius 1 is 1.11 bits per heavy atom. The predicted octanol–water partition coefficient (Wildman–Crippen LogP) is 5.62. The average Bonchev–Trinajstić information content (AvgIpc) is 2.37. The first-order valence-electron chi connectivity index (χ1n) is 6.13. The summed E-state index contributed by atoms with van der Waals surface area (Å²) in [6.45, 7) is 4.12. The van der Waals surface area contributed by atoms with Gasteiger partial charge in [-0.15, -0.1) is 11.6 Å². The van der Waals surface area contributed by atoms with Crippen molar-refractivity contribution in [2.24, 2.45) is 0 Å². The van der Waals surface area contributed by atoms with Gasteiger partial charge in [-0.25, -0.2) is 4.39 Å². The molecule has 0 aromatic heterocycles. The molecule has 0 fully saturated rings. The number of hydrogen-bond donors (Lipinski definition) is 0. The van der Waals surface area contributed by atoms with Crippen LogP contribution < -0.4 is 0 Å². The minimum atomic E-state index is -0.423. The number of hydrogen-bond acceptors (Lipinski definition) is 0. The van der Waals surface area contributed by atoms with Crippen molar-refractivity contribution in [1.29, 1.82) is 0 Å². The Bertz CT molecular complexity index is 593. The second-order valence-electron chi connectivity index (χ2n) is 4.73. The summed E-state index contributed by atoms with van der Waals surface area (Å²) in [4.78, 5) is 0. The largest absolute Gasteiger partial charge is 0.205 e. The van der Waals surface area contributed by atoms with E-state index in [4.69, 9.17) is 23.2 Å². The van der Waals surface area contributed by atoms with Crippen molar-refractivity contribution >= 4 is 23.2 Å². The van der Waals surface area contributed by atoms with E-state index in [0.29, 0.717) is 12.0 Å². The molecule has 1 atom stereocenters. The molecule has 0 bridgehead atoms. The van der Waals surface area contributed by atoms with Crippen LogP contribution in [0.5, 0.6) is 0 Å². The third-order valence-electron chi connectivity index (χ3n) is 3.31. The summed E-state index contributed by atoms with van der Waals surface area (Å²) >= 11 is 12.1. The number of halogens is 3. The van der Waals surface area contributed by atoms with Gasteiger partial charge in [0.15, 0.2) is 0 Å². The predicted molar refractivity (Wildman–Crippen MR) is 79.6 cm³/mol. The molecule has 2 aromatic carbocycles. The molecular formula is C16H15Cl2F. The maximum Gasteiger partial charge on any atom is 0.146 e. The monoisotopic (exact) mass is 296 g/mol. The summed E-state index contributed by atoms with van der Waals surface area (Å²) in [5.41, 5.74) is 4.01. The molecule has 0 amide bonds. The molecule has 0 spiro atoms. The highest BCUT2D eigenvalue weighted by Crippen LogP contribution is 2.30. The SMILES string of the molecule is Cc1ccc(CC(Cl)c2cccc(Cl)c2F)cc1C. The van der Waals surface area contributed by atoms with E-state index in [1.807, 2.05) is 6.07 Å². The van der Waals surface area contributed by atoms with Gasteiger partial charge in [-0.05, 0) is 43.0 Å². The topological polar surface area (TPSA) is 0 Å². The van der Waals surface area contributed by atoms with Crippen LogP contribution in [0.4, 0.5) is 4.39 Å². The third-order valence-corrected chi connectivity index (χ3v) is 3.99. The number of rotatable bonds is 3. The fourth-order valence-electron chi connectivity index (χ4n) is 2.01. The standard InChI is InChI=1S/C16H15Cl2F/c1-10-6-7-12(8-11(10)2)9-15(18)13-4-3-5-14(17)16(13)19/h3-8,15H,9H2,1-2H3. The van der Waals surface area contributed by atoms with Crippen LogP contribution in [0.2, 0.25) is 5.02 Å². The van der Waals surface area contributed by atoms with Gasteiger partial charge in [0, 0.05) is 5.56 Å². The van der Waals surface area contributed by atoms with Crippen LogP contribution in [-0.4, -0.2) is 0 Å². The molecule has 0 saturated heterocycles. The van der Waals surface area contributed by atoms with Gasteiger partial charge in [-0.2, -0.15) is 0 Å². The summed E-state index contributed by atoms with van der Waals surface area (Å²) in [6.07, 6.45) is 0.583. The maximum absolute atomic E-state index is 13.9. The summed E-state index contributed by atoms with van der Waals surface area (Å²) < 4.78 is 13.9. The lowest BCUT2D eigenvalue weighted by molar-refractivity contribution is 0.606. The molecule has 0 nitrogen and oxygen atoms in total. The van der Waals surface area contributed by atoms with Crippen molar-refractivity contribution in [3.05, 3.63) is 69.5 Å². The zero-order chi connectivity index (χ0) is 14.0. The second kappa shape index (κ2) is 5.94. The average molecular weight is 297 g/mol. The molecule has 100 valence electrons. The molecule has 0 aliphatic rings. The van der Waals surface area contributed by atoms with Gasteiger partial charge in [0.1, 0.15) is 5.82 Å². The molecule has 0 aliphatic heterocycles. The van der Waals surface area contributed by atoms with Gasteiger partial charge in [-0.3, -0.25) is 0 Å². The zero-order valence-corrected chi connectivity index (χ0v) is 12.4. The van der Waals surface area contributed by atoms with Gasteiger partial charge in [0.2, 0.25) is 0 Å². The summed E-state index contributed by atoms with van der Waals surface area (Å²) in [6, 6.07) is 11.1. The molecular weight excluding hydrogens is 282 g/mol. The van der Waals surface area contributed by atoms with Crippen LogP contribution in [0.15, 0.2) is 36.4 Å². The van der Waals surface area contributed by atoms with E-state index in [2.05, 4.69) is 26.0 Å². The zero-order valence-electron chi connectivity index (χ0n) is 10.9. The Morgan fingerprint density at radius 2 is 1.84 bits per heavy atom. The minimum Gasteiger partial charge on any atom is -0.205 e. The Morgan fingerprint density at radius 3 is 2.53 bits per heavy atom. The molecule has 2 aromatic rings. The van der Waals surface area contributed by atoms with Crippen molar-refractivity contribution in [3.63, 3.8) is 0 Å². The first-order valence-corrected chi connectivity index (χ1v) is 6.94. The van der Waals surface area contributed by atoms with Gasteiger partial charge in [-0.1, -0.05) is 41.9 Å². The van der Waals surface area contributed by atoms with Gasteiger partial charge < -0.3 is 0 Å². The first-order chi connectivity index (χ1) is 8.99. The normalized spacial score (nSPS) is 12.5. The van der Waals surface area contributed by atoms with E-state index in [1.165, 1.54) is 17.2 Å². The highest BCUT2D eigenvalue weighted by Gasteiger charge is 2.15. The summed E-state index contributed by atoms with van der Waals surface area (Å²) in [7, 11) is 0. The van der Waals surface area contributed by atoms with E-state index in [1.54, 1.807) is 12.1 Å². The second-order valence-corrected chi connectivity index (χ2v) is 5.67. The molecule has 19 heavy (non-hydrogen) atoms. The van der Waals surface area contributed by atoms with Crippen LogP contribution in [0.25, 0.3) is 0 Å². The number of benzene rings is 2. The van der Waals surface area contributed by atoms with E-state index >= 15 is 0 Å². The van der Waals surface area contributed by atoms with Gasteiger partial charge >= 0.3 is 0 Å². The Balaban J connectivity index is 2.23. The number of alkyl halides is 1.